The zero-order chi connectivity index (χ0) is 25.0. The van der Waals surface area contributed by atoms with E-state index in [9.17, 15) is 13.2 Å². The lowest BCUT2D eigenvalue weighted by molar-refractivity contribution is 0.0892. The number of pyridine rings is 1. The Kier molecular flexibility index (Phi) is 7.52. The first-order chi connectivity index (χ1) is 16.8. The van der Waals surface area contributed by atoms with Crippen LogP contribution in [0.15, 0.2) is 30.9 Å². The van der Waals surface area contributed by atoms with Crippen LogP contribution in [0.4, 0.5) is 10.1 Å². The molecule has 14 heteroatoms. The summed E-state index contributed by atoms with van der Waals surface area (Å²) in [6.07, 6.45) is 6.83. The molecule has 2 N–H and O–H groups in total. The number of hydrogen-bond acceptors (Lipinski definition) is 10. The molecule has 3 aromatic rings. The Hall–Kier alpha value is -3.23. The first kappa shape index (κ1) is 24.9. The highest BCUT2D eigenvalue weighted by Crippen LogP contribution is 2.31. The van der Waals surface area contributed by atoms with Crippen LogP contribution in [-0.4, -0.2) is 59.8 Å². The predicted octanol–water partition coefficient (Wildman–Crippen LogP) is 2.55. The number of halogens is 1. The molecule has 0 unspecified atom stereocenters. The number of ether oxygens (including phenoxy) is 2. The lowest BCUT2D eigenvalue weighted by atomic mass is 10.1. The maximum atomic E-state index is 15.2. The molecular weight excluding hydrogens is 499 g/mol. The third-order valence-corrected chi connectivity index (χ3v) is 7.83. The standard InChI is InChI=1S/C21H23FN6O5S2/c1-3-33-17-10-23-8-14(26-17)16-9-25-21(34-16)20(29)27-15(11-32-2)19-18(22)13(6-7-24-19)28-35(30,31)12-4-5-12/h6-10,12,15H,3-5,11H2,1-2H3,(H,24,28)(H,27,29)/t15-/m1/s1. The molecule has 0 spiro atoms. The number of methoxy groups -OCH3 is 1. The summed E-state index contributed by atoms with van der Waals surface area (Å²) >= 11 is 1.07. The normalized spacial score (nSPS) is 14.4. The summed E-state index contributed by atoms with van der Waals surface area (Å²) in [5.41, 5.74) is 0.0918. The van der Waals surface area contributed by atoms with Crippen molar-refractivity contribution in [3.63, 3.8) is 0 Å². The minimum Gasteiger partial charge on any atom is -0.477 e. The Morgan fingerprint density at radius 2 is 2.09 bits per heavy atom. The fourth-order valence-electron chi connectivity index (χ4n) is 3.15. The van der Waals surface area contributed by atoms with Gasteiger partial charge >= 0.3 is 0 Å². The molecule has 0 saturated heterocycles. The van der Waals surface area contributed by atoms with Crippen LogP contribution in [0.1, 0.15) is 41.3 Å². The lowest BCUT2D eigenvalue weighted by Crippen LogP contribution is -2.33. The number of nitrogens with one attached hydrogen (secondary N) is 2. The van der Waals surface area contributed by atoms with Crippen LogP contribution in [0.3, 0.4) is 0 Å². The Bertz CT molecular complexity index is 1320. The van der Waals surface area contributed by atoms with Crippen molar-refractivity contribution in [2.45, 2.75) is 31.1 Å². The molecule has 3 heterocycles. The van der Waals surface area contributed by atoms with Crippen molar-refractivity contribution in [1.29, 1.82) is 0 Å². The number of rotatable bonds is 11. The molecule has 1 saturated carbocycles. The van der Waals surface area contributed by atoms with Crippen molar-refractivity contribution in [2.75, 3.05) is 25.0 Å². The van der Waals surface area contributed by atoms with E-state index in [4.69, 9.17) is 9.47 Å². The molecule has 0 radical (unpaired) electrons. The van der Waals surface area contributed by atoms with E-state index in [1.54, 1.807) is 0 Å². The number of sulfonamides is 1. The van der Waals surface area contributed by atoms with Crippen molar-refractivity contribution in [3.8, 4) is 16.5 Å². The fraction of sp³-hybridized carbons (Fsp3) is 0.381. The van der Waals surface area contributed by atoms with Crippen molar-refractivity contribution in [3.05, 3.63) is 47.4 Å². The summed E-state index contributed by atoms with van der Waals surface area (Å²) in [7, 11) is -2.29. The highest BCUT2D eigenvalue weighted by Gasteiger charge is 2.36. The first-order valence-corrected chi connectivity index (χ1v) is 13.1. The highest BCUT2D eigenvalue weighted by atomic mass is 32.2. The van der Waals surface area contributed by atoms with Gasteiger partial charge in [0.2, 0.25) is 15.9 Å². The van der Waals surface area contributed by atoms with Gasteiger partial charge in [-0.2, -0.15) is 0 Å². The smallest absolute Gasteiger partial charge is 0.280 e. The van der Waals surface area contributed by atoms with Crippen LogP contribution in [0.5, 0.6) is 5.88 Å². The molecule has 1 aliphatic rings. The molecule has 3 aromatic heterocycles. The van der Waals surface area contributed by atoms with Gasteiger partial charge in [0, 0.05) is 19.5 Å². The molecule has 1 fully saturated rings. The third-order valence-electron chi connectivity index (χ3n) is 4.96. The van der Waals surface area contributed by atoms with Crippen molar-refractivity contribution in [2.24, 2.45) is 0 Å². The average molecular weight is 523 g/mol. The zero-order valence-electron chi connectivity index (χ0n) is 18.9. The van der Waals surface area contributed by atoms with Gasteiger partial charge in [-0.3, -0.25) is 19.5 Å². The van der Waals surface area contributed by atoms with Crippen LogP contribution in [0.25, 0.3) is 10.6 Å². The molecule has 11 nitrogen and oxygen atoms in total. The Balaban J connectivity index is 1.53. The number of thiazole rings is 1. The summed E-state index contributed by atoms with van der Waals surface area (Å²) in [6.45, 7) is 2.16. The van der Waals surface area contributed by atoms with E-state index >= 15 is 4.39 Å². The summed E-state index contributed by atoms with van der Waals surface area (Å²) in [5.74, 6) is -1.12. The monoisotopic (exact) mass is 522 g/mol. The Morgan fingerprint density at radius 1 is 1.29 bits per heavy atom. The van der Waals surface area contributed by atoms with Gasteiger partial charge in [0.25, 0.3) is 5.91 Å². The molecule has 1 aliphatic carbocycles. The fourth-order valence-corrected chi connectivity index (χ4v) is 5.32. The van der Waals surface area contributed by atoms with Crippen LogP contribution in [0.2, 0.25) is 0 Å². The van der Waals surface area contributed by atoms with Gasteiger partial charge in [-0.1, -0.05) is 0 Å². The molecular formula is C21H23FN6O5S2. The van der Waals surface area contributed by atoms with E-state index in [1.165, 1.54) is 38.0 Å². The summed E-state index contributed by atoms with van der Waals surface area (Å²) < 4.78 is 52.5. The minimum absolute atomic E-state index is 0.103. The van der Waals surface area contributed by atoms with Crippen LogP contribution in [-0.2, 0) is 14.8 Å². The van der Waals surface area contributed by atoms with E-state index in [0.29, 0.717) is 35.9 Å². The van der Waals surface area contributed by atoms with E-state index in [0.717, 1.165) is 11.3 Å². The topological polar surface area (TPSA) is 145 Å². The second-order valence-electron chi connectivity index (χ2n) is 7.59. The number of carbonyl (C=O) groups excluding carboxylic acids is 1. The quantitative estimate of drug-likeness (QED) is 0.388. The van der Waals surface area contributed by atoms with Gasteiger partial charge < -0.3 is 14.8 Å². The minimum atomic E-state index is -3.68. The number of carbonyl (C=O) groups is 1. The van der Waals surface area contributed by atoms with Crippen molar-refractivity contribution in [1.82, 2.24) is 25.3 Å². The number of anilines is 1. The second kappa shape index (κ2) is 10.6. The van der Waals surface area contributed by atoms with Gasteiger partial charge in [-0.05, 0) is 25.8 Å². The number of aromatic nitrogens is 4. The maximum absolute atomic E-state index is 15.2. The number of hydrogen-bond donors (Lipinski definition) is 2. The largest absolute Gasteiger partial charge is 0.477 e. The van der Waals surface area contributed by atoms with Crippen LogP contribution >= 0.6 is 11.3 Å². The van der Waals surface area contributed by atoms with Gasteiger partial charge in [-0.15, -0.1) is 11.3 Å². The third kappa shape index (κ3) is 5.89. The van der Waals surface area contributed by atoms with Gasteiger partial charge in [0.05, 0.1) is 47.5 Å². The molecule has 186 valence electrons. The first-order valence-electron chi connectivity index (χ1n) is 10.7. The number of nitrogens with zero attached hydrogens (tertiary/aromatic N) is 4. The molecule has 0 bridgehead atoms. The van der Waals surface area contributed by atoms with E-state index in [2.05, 4.69) is 30.0 Å². The molecule has 4 rings (SSSR count). The molecule has 1 amide bonds. The average Bonchev–Trinajstić information content (AvgIpc) is 3.58. The van der Waals surface area contributed by atoms with E-state index < -0.39 is 33.0 Å². The number of amides is 1. The molecule has 1 atom stereocenters. The zero-order valence-corrected chi connectivity index (χ0v) is 20.5. The molecule has 0 aromatic carbocycles. The van der Waals surface area contributed by atoms with E-state index in [1.807, 2.05) is 6.92 Å². The van der Waals surface area contributed by atoms with E-state index in [-0.39, 0.29) is 23.0 Å². The Morgan fingerprint density at radius 3 is 2.80 bits per heavy atom. The van der Waals surface area contributed by atoms with Gasteiger partial charge in [0.1, 0.15) is 11.4 Å². The lowest BCUT2D eigenvalue weighted by Gasteiger charge is -2.19. The summed E-state index contributed by atoms with van der Waals surface area (Å²) in [6, 6.07) is 0.237. The maximum Gasteiger partial charge on any atom is 0.280 e. The molecule has 35 heavy (non-hydrogen) atoms. The van der Waals surface area contributed by atoms with Crippen LogP contribution in [0, 0.1) is 5.82 Å². The summed E-state index contributed by atoms with van der Waals surface area (Å²) in [4.78, 5) is 30.1. The van der Waals surface area contributed by atoms with Gasteiger partial charge in [-0.25, -0.2) is 22.8 Å². The Labute approximate surface area is 205 Å². The van der Waals surface area contributed by atoms with Crippen molar-refractivity contribution < 1.29 is 27.1 Å². The summed E-state index contributed by atoms with van der Waals surface area (Å²) in [5, 5.41) is 2.24. The van der Waals surface area contributed by atoms with Gasteiger partial charge in [0.15, 0.2) is 10.8 Å². The highest BCUT2D eigenvalue weighted by molar-refractivity contribution is 7.93. The predicted molar refractivity (Wildman–Crippen MR) is 126 cm³/mol. The second-order valence-corrected chi connectivity index (χ2v) is 10.6. The van der Waals surface area contributed by atoms with Crippen LogP contribution < -0.4 is 14.8 Å². The SMILES string of the molecule is CCOc1cncc(-c2cnc(C(=O)N[C@H](COC)c3nccc(NS(=O)(=O)C4CC4)c3F)s2)n1. The molecule has 0 aliphatic heterocycles. The van der Waals surface area contributed by atoms with Crippen molar-refractivity contribution >= 4 is 33.0 Å².